The number of nitrogens with one attached hydrogen (secondary N) is 1. The Morgan fingerprint density at radius 1 is 1.27 bits per heavy atom. The van der Waals surface area contributed by atoms with E-state index in [0.717, 1.165) is 11.3 Å². The average molecular weight is 407 g/mol. The molecule has 0 aliphatic carbocycles. The van der Waals surface area contributed by atoms with Gasteiger partial charge in [-0.05, 0) is 26.2 Å². The Balaban J connectivity index is 1.90. The van der Waals surface area contributed by atoms with E-state index in [-0.39, 0.29) is 34.8 Å². The highest BCUT2D eigenvalue weighted by Gasteiger charge is 2.23. The molecule has 0 aliphatic rings. The number of likely N-dealkylation sites (N-methyl/N-ethyl adjacent to an activating group) is 1. The number of para-hydroxylation sites is 2. The Morgan fingerprint density at radius 3 is 2.63 bits per heavy atom. The molecule has 3 aromatic rings. The Morgan fingerprint density at radius 2 is 1.97 bits per heavy atom. The van der Waals surface area contributed by atoms with E-state index in [1.54, 1.807) is 19.2 Å². The average Bonchev–Trinajstić information content (AvgIpc) is 3.17. The van der Waals surface area contributed by atoms with Crippen LogP contribution in [-0.2, 0) is 0 Å². The van der Waals surface area contributed by atoms with Crippen LogP contribution in [0.2, 0.25) is 0 Å². The molecule has 1 unspecified atom stereocenters. The highest BCUT2D eigenvalue weighted by Crippen LogP contribution is 2.33. The number of benzene rings is 2. The van der Waals surface area contributed by atoms with Crippen LogP contribution in [0.1, 0.15) is 17.3 Å². The summed E-state index contributed by atoms with van der Waals surface area (Å²) < 4.78 is 11.2. The minimum Gasteiger partial charge on any atom is -0.496 e. The molecule has 1 aromatic heterocycles. The lowest BCUT2D eigenvalue weighted by Crippen LogP contribution is -2.27. The smallest absolute Gasteiger partial charge is 0.282 e. The first-order valence-corrected chi connectivity index (χ1v) is 9.14. The molecule has 0 amide bonds. The van der Waals surface area contributed by atoms with E-state index in [0.29, 0.717) is 6.54 Å². The molecule has 9 heteroatoms. The second-order valence-corrected chi connectivity index (χ2v) is 6.69. The number of methoxy groups -OCH3 is 1. The fourth-order valence-electron chi connectivity index (χ4n) is 3.15. The first kappa shape index (κ1) is 20.8. The molecular formula is C21H21N5O4. The summed E-state index contributed by atoms with van der Waals surface area (Å²) in [6.45, 7) is 0.396. The number of ether oxygens (including phenoxy) is 1. The number of nitro benzene ring substituents is 1. The van der Waals surface area contributed by atoms with Crippen molar-refractivity contribution in [2.45, 2.75) is 6.04 Å². The fourth-order valence-corrected chi connectivity index (χ4v) is 3.15. The van der Waals surface area contributed by atoms with Gasteiger partial charge in [0.1, 0.15) is 17.4 Å². The summed E-state index contributed by atoms with van der Waals surface area (Å²) >= 11 is 0. The highest BCUT2D eigenvalue weighted by atomic mass is 16.6. The third-order valence-electron chi connectivity index (χ3n) is 4.64. The lowest BCUT2D eigenvalue weighted by atomic mass is 10.0. The predicted molar refractivity (Wildman–Crippen MR) is 111 cm³/mol. The maximum absolute atomic E-state index is 11.3. The SMILES string of the molecule is COc1ccccc1C(CNc1oc(-c2ccccc2[N+](=O)[O-])nc1C#N)N(C)C. The quantitative estimate of drug-likeness (QED) is 0.442. The Hall–Kier alpha value is -3.90. The van der Waals surface area contributed by atoms with E-state index in [2.05, 4.69) is 10.3 Å². The molecule has 0 aliphatic heterocycles. The minimum absolute atomic E-state index is 0.0139. The van der Waals surface area contributed by atoms with Crippen LogP contribution in [-0.4, -0.2) is 42.6 Å². The monoisotopic (exact) mass is 407 g/mol. The maximum Gasteiger partial charge on any atom is 0.282 e. The molecule has 2 aromatic carbocycles. The van der Waals surface area contributed by atoms with Gasteiger partial charge < -0.3 is 19.4 Å². The summed E-state index contributed by atoms with van der Waals surface area (Å²) in [7, 11) is 5.48. The number of rotatable bonds is 8. The number of hydrogen-bond acceptors (Lipinski definition) is 8. The van der Waals surface area contributed by atoms with Gasteiger partial charge in [0.05, 0.1) is 18.1 Å². The molecule has 0 saturated heterocycles. The summed E-state index contributed by atoms with van der Waals surface area (Å²) in [6, 6.07) is 15.7. The second kappa shape index (κ2) is 9.07. The number of hydrogen-bond donors (Lipinski definition) is 1. The van der Waals surface area contributed by atoms with Gasteiger partial charge >= 0.3 is 0 Å². The Bertz CT molecular complexity index is 1090. The molecule has 30 heavy (non-hydrogen) atoms. The number of nitriles is 1. The number of nitrogens with zero attached hydrogens (tertiary/aromatic N) is 4. The lowest BCUT2D eigenvalue weighted by Gasteiger charge is -2.26. The molecule has 154 valence electrons. The van der Waals surface area contributed by atoms with Gasteiger partial charge in [0.2, 0.25) is 17.5 Å². The van der Waals surface area contributed by atoms with E-state index in [4.69, 9.17) is 9.15 Å². The third kappa shape index (κ3) is 4.24. The largest absolute Gasteiger partial charge is 0.496 e. The van der Waals surface area contributed by atoms with Gasteiger partial charge in [-0.1, -0.05) is 30.3 Å². The van der Waals surface area contributed by atoms with Crippen molar-refractivity contribution >= 4 is 11.6 Å². The van der Waals surface area contributed by atoms with Crippen LogP contribution in [0.15, 0.2) is 52.9 Å². The number of oxazole rings is 1. The van der Waals surface area contributed by atoms with Crippen LogP contribution in [0.25, 0.3) is 11.5 Å². The molecule has 3 rings (SSSR count). The van der Waals surface area contributed by atoms with E-state index in [9.17, 15) is 15.4 Å². The van der Waals surface area contributed by atoms with Crippen LogP contribution >= 0.6 is 0 Å². The van der Waals surface area contributed by atoms with E-state index >= 15 is 0 Å². The molecule has 0 fully saturated rings. The maximum atomic E-state index is 11.3. The zero-order valence-corrected chi connectivity index (χ0v) is 16.8. The first-order chi connectivity index (χ1) is 14.5. The summed E-state index contributed by atoms with van der Waals surface area (Å²) in [5, 5.41) is 23.9. The van der Waals surface area contributed by atoms with Crippen molar-refractivity contribution < 1.29 is 14.1 Å². The zero-order valence-electron chi connectivity index (χ0n) is 16.8. The molecule has 1 N–H and O–H groups in total. The van der Waals surface area contributed by atoms with Crippen LogP contribution in [0.3, 0.4) is 0 Å². The molecule has 1 heterocycles. The molecule has 0 bridgehead atoms. The van der Waals surface area contributed by atoms with Gasteiger partial charge in [0.25, 0.3) is 5.69 Å². The number of aromatic nitrogens is 1. The van der Waals surface area contributed by atoms with Gasteiger partial charge in [-0.25, -0.2) is 0 Å². The molecular weight excluding hydrogens is 386 g/mol. The van der Waals surface area contributed by atoms with Crippen LogP contribution in [0.5, 0.6) is 5.75 Å². The van der Waals surface area contributed by atoms with Gasteiger partial charge in [0.15, 0.2) is 0 Å². The van der Waals surface area contributed by atoms with Crippen molar-refractivity contribution in [2.75, 3.05) is 33.1 Å². The van der Waals surface area contributed by atoms with Gasteiger partial charge in [-0.15, -0.1) is 0 Å². The molecule has 1 atom stereocenters. The highest BCUT2D eigenvalue weighted by molar-refractivity contribution is 5.68. The zero-order chi connectivity index (χ0) is 21.7. The van der Waals surface area contributed by atoms with Crippen molar-refractivity contribution in [1.29, 1.82) is 5.26 Å². The standard InChI is InChI=1S/C21H21N5O4/c1-25(2)18(14-8-5-7-11-19(14)29-3)13-23-21-16(12-22)24-20(30-21)15-9-4-6-10-17(15)26(27)28/h4-11,18,23H,13H2,1-3H3. The second-order valence-electron chi connectivity index (χ2n) is 6.69. The van der Waals surface area contributed by atoms with E-state index < -0.39 is 4.92 Å². The van der Waals surface area contributed by atoms with Gasteiger partial charge in [-0.2, -0.15) is 10.2 Å². The number of nitro groups is 1. The molecule has 0 saturated carbocycles. The van der Waals surface area contributed by atoms with Crippen LogP contribution < -0.4 is 10.1 Å². The van der Waals surface area contributed by atoms with Crippen LogP contribution in [0.4, 0.5) is 11.6 Å². The van der Waals surface area contributed by atoms with Crippen molar-refractivity contribution in [3.8, 4) is 23.3 Å². The van der Waals surface area contributed by atoms with Crippen molar-refractivity contribution in [3.05, 3.63) is 69.9 Å². The molecule has 9 nitrogen and oxygen atoms in total. The van der Waals surface area contributed by atoms with Crippen molar-refractivity contribution in [1.82, 2.24) is 9.88 Å². The fraction of sp³-hybridized carbons (Fsp3) is 0.238. The summed E-state index contributed by atoms with van der Waals surface area (Å²) in [6.07, 6.45) is 0. The van der Waals surface area contributed by atoms with Crippen molar-refractivity contribution in [3.63, 3.8) is 0 Å². The summed E-state index contributed by atoms with van der Waals surface area (Å²) in [5.41, 5.74) is 1.06. The van der Waals surface area contributed by atoms with E-state index in [1.165, 1.54) is 12.1 Å². The topological polar surface area (TPSA) is 117 Å². The molecule has 0 spiro atoms. The predicted octanol–water partition coefficient (Wildman–Crippen LogP) is 3.84. The lowest BCUT2D eigenvalue weighted by molar-refractivity contribution is -0.384. The van der Waals surface area contributed by atoms with Crippen molar-refractivity contribution in [2.24, 2.45) is 0 Å². The van der Waals surface area contributed by atoms with Crippen LogP contribution in [0, 0.1) is 21.4 Å². The first-order valence-electron chi connectivity index (χ1n) is 9.14. The van der Waals surface area contributed by atoms with Gasteiger partial charge in [0, 0.05) is 18.2 Å². The minimum atomic E-state index is -0.511. The Kier molecular flexibility index (Phi) is 6.29. The van der Waals surface area contributed by atoms with E-state index in [1.807, 2.05) is 49.3 Å². The third-order valence-corrected chi connectivity index (χ3v) is 4.64. The number of anilines is 1. The van der Waals surface area contributed by atoms with Gasteiger partial charge in [-0.3, -0.25) is 10.1 Å². The molecule has 0 radical (unpaired) electrons. The summed E-state index contributed by atoms with van der Waals surface area (Å²) in [5.74, 6) is 0.920. The normalized spacial score (nSPS) is 11.7. The summed E-state index contributed by atoms with van der Waals surface area (Å²) in [4.78, 5) is 16.9. The Labute approximate surface area is 173 Å².